The van der Waals surface area contributed by atoms with Gasteiger partial charge in [0.05, 0.1) is 6.54 Å². The molecular weight excluding hydrogens is 362 g/mol. The van der Waals surface area contributed by atoms with Crippen molar-refractivity contribution in [2.45, 2.75) is 5.92 Å². The van der Waals surface area contributed by atoms with Crippen molar-refractivity contribution >= 4 is 0 Å². The Morgan fingerprint density at radius 3 is 1.63 bits per heavy atom. The van der Waals surface area contributed by atoms with Gasteiger partial charge in [0.2, 0.25) is 0 Å². The Labute approximate surface area is 179 Å². The molecule has 0 amide bonds. The summed E-state index contributed by atoms with van der Waals surface area (Å²) < 4.78 is 0. The van der Waals surface area contributed by atoms with Gasteiger partial charge >= 0.3 is 0 Å². The van der Waals surface area contributed by atoms with Crippen LogP contribution in [-0.4, -0.2) is 13.1 Å². The van der Waals surface area contributed by atoms with Crippen LogP contribution in [-0.2, 0) is 0 Å². The molecule has 4 aromatic rings. The molecule has 0 unspecified atom stereocenters. The summed E-state index contributed by atoms with van der Waals surface area (Å²) in [6.07, 6.45) is 0. The molecule has 0 bridgehead atoms. The first-order valence-electron chi connectivity index (χ1n) is 10.3. The Morgan fingerprint density at radius 1 is 0.567 bits per heavy atom. The third kappa shape index (κ3) is 5.26. The summed E-state index contributed by atoms with van der Waals surface area (Å²) in [7, 11) is 0. The highest BCUT2D eigenvalue weighted by Crippen LogP contribution is 2.23. The van der Waals surface area contributed by atoms with Gasteiger partial charge in [-0.3, -0.25) is 0 Å². The van der Waals surface area contributed by atoms with Gasteiger partial charge in [-0.1, -0.05) is 115 Å². The molecule has 0 saturated heterocycles. The van der Waals surface area contributed by atoms with E-state index in [2.05, 4.69) is 126 Å². The molecular formula is C29H25N. The number of hydrogen-bond donors (Lipinski definition) is 1. The van der Waals surface area contributed by atoms with Gasteiger partial charge in [0.1, 0.15) is 0 Å². The Hall–Kier alpha value is -3.60. The molecule has 1 heteroatoms. The van der Waals surface area contributed by atoms with E-state index in [1.807, 2.05) is 6.07 Å². The molecule has 1 nitrogen and oxygen atoms in total. The maximum absolute atomic E-state index is 3.52. The van der Waals surface area contributed by atoms with Gasteiger partial charge < -0.3 is 5.32 Å². The summed E-state index contributed by atoms with van der Waals surface area (Å²) in [5, 5.41) is 3.52. The minimum atomic E-state index is 0.319. The standard InChI is InChI=1S/C29H25N/c1-4-12-25(13-5-1)26-20-18-24(19-21-26)11-10-22-30-23-29(27-14-6-2-7-15-27)28-16-8-3-9-17-28/h1-9,12-21,29-30H,22-23H2. The minimum absolute atomic E-state index is 0.319. The fourth-order valence-corrected chi connectivity index (χ4v) is 3.60. The second-order valence-electron chi connectivity index (χ2n) is 7.25. The lowest BCUT2D eigenvalue weighted by molar-refractivity contribution is 0.682. The van der Waals surface area contributed by atoms with Crippen LogP contribution in [0.15, 0.2) is 115 Å². The number of nitrogens with one attached hydrogen (secondary N) is 1. The topological polar surface area (TPSA) is 12.0 Å². The van der Waals surface area contributed by atoms with Crippen LogP contribution in [0.3, 0.4) is 0 Å². The van der Waals surface area contributed by atoms with Crippen molar-refractivity contribution in [2.24, 2.45) is 0 Å². The number of hydrogen-bond acceptors (Lipinski definition) is 1. The van der Waals surface area contributed by atoms with E-state index in [9.17, 15) is 0 Å². The third-order valence-corrected chi connectivity index (χ3v) is 5.19. The predicted molar refractivity (Wildman–Crippen MR) is 126 cm³/mol. The van der Waals surface area contributed by atoms with Gasteiger partial charge in [-0.05, 0) is 34.4 Å². The summed E-state index contributed by atoms with van der Waals surface area (Å²) in [5.41, 5.74) is 6.12. The Kier molecular flexibility index (Phi) is 6.74. The van der Waals surface area contributed by atoms with E-state index in [1.54, 1.807) is 0 Å². The van der Waals surface area contributed by atoms with E-state index < -0.39 is 0 Å². The van der Waals surface area contributed by atoms with E-state index in [4.69, 9.17) is 0 Å². The minimum Gasteiger partial charge on any atom is -0.305 e. The normalized spacial score (nSPS) is 10.4. The molecule has 30 heavy (non-hydrogen) atoms. The molecule has 0 fully saturated rings. The lowest BCUT2D eigenvalue weighted by atomic mass is 9.91. The van der Waals surface area contributed by atoms with Crippen LogP contribution in [0.1, 0.15) is 22.6 Å². The maximum atomic E-state index is 3.52. The first-order chi connectivity index (χ1) is 14.9. The molecule has 0 aliphatic carbocycles. The van der Waals surface area contributed by atoms with E-state index in [0.717, 1.165) is 12.1 Å². The van der Waals surface area contributed by atoms with Gasteiger partial charge in [-0.2, -0.15) is 0 Å². The monoisotopic (exact) mass is 387 g/mol. The van der Waals surface area contributed by atoms with Crippen molar-refractivity contribution in [1.29, 1.82) is 0 Å². The van der Waals surface area contributed by atoms with Crippen molar-refractivity contribution in [3.8, 4) is 23.0 Å². The van der Waals surface area contributed by atoms with Crippen LogP contribution in [0, 0.1) is 11.8 Å². The molecule has 0 heterocycles. The van der Waals surface area contributed by atoms with E-state index >= 15 is 0 Å². The largest absolute Gasteiger partial charge is 0.305 e. The molecule has 0 aliphatic rings. The predicted octanol–water partition coefficient (Wildman–Crippen LogP) is 6.13. The van der Waals surface area contributed by atoms with Crippen molar-refractivity contribution in [1.82, 2.24) is 5.32 Å². The van der Waals surface area contributed by atoms with Gasteiger partial charge in [0.15, 0.2) is 0 Å². The fraction of sp³-hybridized carbons (Fsp3) is 0.103. The summed E-state index contributed by atoms with van der Waals surface area (Å²) in [5.74, 6) is 6.84. The Morgan fingerprint density at radius 2 is 1.07 bits per heavy atom. The van der Waals surface area contributed by atoms with Crippen molar-refractivity contribution in [2.75, 3.05) is 13.1 Å². The molecule has 0 radical (unpaired) electrons. The van der Waals surface area contributed by atoms with E-state index in [0.29, 0.717) is 12.5 Å². The second kappa shape index (κ2) is 10.3. The molecule has 0 aliphatic heterocycles. The molecule has 1 N–H and O–H groups in total. The average Bonchev–Trinajstić information content (AvgIpc) is 2.83. The van der Waals surface area contributed by atoms with Gasteiger partial charge in [-0.15, -0.1) is 0 Å². The van der Waals surface area contributed by atoms with Crippen LogP contribution in [0.2, 0.25) is 0 Å². The highest BCUT2D eigenvalue weighted by molar-refractivity contribution is 5.64. The zero-order chi connectivity index (χ0) is 20.4. The second-order valence-corrected chi connectivity index (χ2v) is 7.25. The fourth-order valence-electron chi connectivity index (χ4n) is 3.60. The highest BCUT2D eigenvalue weighted by atomic mass is 14.8. The molecule has 0 aromatic heterocycles. The molecule has 4 rings (SSSR count). The first kappa shape index (κ1) is 19.7. The van der Waals surface area contributed by atoms with Gasteiger partial charge in [0, 0.05) is 18.0 Å². The zero-order valence-corrected chi connectivity index (χ0v) is 17.0. The molecule has 146 valence electrons. The van der Waals surface area contributed by atoms with Crippen molar-refractivity contribution < 1.29 is 0 Å². The molecule has 0 atom stereocenters. The quantitative estimate of drug-likeness (QED) is 0.310. The van der Waals surface area contributed by atoms with Crippen molar-refractivity contribution in [3.63, 3.8) is 0 Å². The maximum Gasteiger partial charge on any atom is 0.0580 e. The SMILES string of the molecule is C(#Cc1ccc(-c2ccccc2)cc1)CNCC(c1ccccc1)c1ccccc1. The Balaban J connectivity index is 1.36. The Bertz CT molecular complexity index is 1050. The van der Waals surface area contributed by atoms with Gasteiger partial charge in [-0.25, -0.2) is 0 Å². The van der Waals surface area contributed by atoms with Crippen LogP contribution >= 0.6 is 0 Å². The lowest BCUT2D eigenvalue weighted by Crippen LogP contribution is -2.22. The third-order valence-electron chi connectivity index (χ3n) is 5.19. The van der Waals surface area contributed by atoms with Crippen LogP contribution < -0.4 is 5.32 Å². The van der Waals surface area contributed by atoms with Crippen LogP contribution in [0.4, 0.5) is 0 Å². The molecule has 0 spiro atoms. The summed E-state index contributed by atoms with van der Waals surface area (Å²) in [6.45, 7) is 1.52. The van der Waals surface area contributed by atoms with Crippen LogP contribution in [0.25, 0.3) is 11.1 Å². The first-order valence-corrected chi connectivity index (χ1v) is 10.3. The summed E-state index contributed by atoms with van der Waals surface area (Å²) in [6, 6.07) is 40.2. The van der Waals surface area contributed by atoms with Crippen LogP contribution in [0.5, 0.6) is 0 Å². The van der Waals surface area contributed by atoms with E-state index in [1.165, 1.54) is 22.3 Å². The van der Waals surface area contributed by atoms with Crippen molar-refractivity contribution in [3.05, 3.63) is 132 Å². The number of benzene rings is 4. The summed E-state index contributed by atoms with van der Waals surface area (Å²) in [4.78, 5) is 0. The number of rotatable bonds is 6. The average molecular weight is 388 g/mol. The summed E-state index contributed by atoms with van der Waals surface area (Å²) >= 11 is 0. The zero-order valence-electron chi connectivity index (χ0n) is 17.0. The smallest absolute Gasteiger partial charge is 0.0580 e. The highest BCUT2D eigenvalue weighted by Gasteiger charge is 2.12. The lowest BCUT2D eigenvalue weighted by Gasteiger charge is -2.18. The molecule has 0 saturated carbocycles. The van der Waals surface area contributed by atoms with Gasteiger partial charge in [0.25, 0.3) is 0 Å². The van der Waals surface area contributed by atoms with E-state index in [-0.39, 0.29) is 0 Å². The molecule has 4 aromatic carbocycles.